The van der Waals surface area contributed by atoms with Gasteiger partial charge in [-0.2, -0.15) is 5.26 Å². The first-order valence-corrected chi connectivity index (χ1v) is 6.15. The Morgan fingerprint density at radius 3 is 2.65 bits per heavy atom. The van der Waals surface area contributed by atoms with E-state index >= 15 is 0 Å². The molecule has 1 aromatic carbocycles. The Bertz CT molecular complexity index is 403. The van der Waals surface area contributed by atoms with Gasteiger partial charge in [0.1, 0.15) is 0 Å². The molecular weight excluding hydrogens is 212 g/mol. The van der Waals surface area contributed by atoms with Gasteiger partial charge in [0.15, 0.2) is 0 Å². The molecule has 2 rings (SSSR count). The maximum absolute atomic E-state index is 8.97. The Hall–Kier alpha value is -1.37. The van der Waals surface area contributed by atoms with Crippen molar-refractivity contribution in [2.45, 2.75) is 44.4 Å². The van der Waals surface area contributed by atoms with Crippen LogP contribution in [0.5, 0.6) is 0 Å². The van der Waals surface area contributed by atoms with E-state index in [9.17, 15) is 0 Å². The minimum atomic E-state index is 0.307. The number of nitrogens with zero attached hydrogens (tertiary/aromatic N) is 1. The Morgan fingerprint density at radius 1 is 1.24 bits per heavy atom. The summed E-state index contributed by atoms with van der Waals surface area (Å²) in [7, 11) is 0. The zero-order valence-corrected chi connectivity index (χ0v) is 9.93. The number of ether oxygens (including phenoxy) is 1. The minimum absolute atomic E-state index is 0.307. The number of hydrogen-bond donors (Lipinski definition) is 1. The summed E-state index contributed by atoms with van der Waals surface area (Å²) >= 11 is 0. The van der Waals surface area contributed by atoms with Crippen molar-refractivity contribution in [1.29, 1.82) is 5.26 Å². The monoisotopic (exact) mass is 230 g/mol. The predicted octanol–water partition coefficient (Wildman–Crippen LogP) is 2.34. The predicted molar refractivity (Wildman–Crippen MR) is 66.2 cm³/mol. The topological polar surface area (TPSA) is 59.0 Å². The molecule has 0 bridgehead atoms. The van der Waals surface area contributed by atoms with Crippen molar-refractivity contribution < 1.29 is 4.74 Å². The number of nitrogens with two attached hydrogens (primary N) is 1. The van der Waals surface area contributed by atoms with E-state index < -0.39 is 0 Å². The molecular formula is C14H18N2O. The molecule has 0 heterocycles. The molecule has 1 saturated carbocycles. The molecule has 0 radical (unpaired) electrons. The van der Waals surface area contributed by atoms with Gasteiger partial charge >= 0.3 is 0 Å². The average molecular weight is 230 g/mol. The molecule has 1 fully saturated rings. The molecule has 0 spiro atoms. The standard InChI is InChI=1S/C14H18N2O/c15-9-11-3-1-2-4-12(11)10-17-14-7-5-13(16)6-8-14/h1-4,13-14H,5-8,10,16H2. The Kier molecular flexibility index (Phi) is 4.13. The number of hydrogen-bond acceptors (Lipinski definition) is 3. The zero-order chi connectivity index (χ0) is 12.1. The molecule has 1 aromatic rings. The van der Waals surface area contributed by atoms with Crippen LogP contribution in [-0.2, 0) is 11.3 Å². The smallest absolute Gasteiger partial charge is 0.0995 e. The van der Waals surface area contributed by atoms with Crippen LogP contribution in [0.3, 0.4) is 0 Å². The van der Waals surface area contributed by atoms with Crippen molar-refractivity contribution in [1.82, 2.24) is 0 Å². The van der Waals surface area contributed by atoms with Gasteiger partial charge in [-0.3, -0.25) is 0 Å². The second-order valence-corrected chi connectivity index (χ2v) is 4.62. The number of benzene rings is 1. The van der Waals surface area contributed by atoms with Crippen molar-refractivity contribution in [3.8, 4) is 6.07 Å². The van der Waals surface area contributed by atoms with E-state index in [1.54, 1.807) is 0 Å². The van der Waals surface area contributed by atoms with E-state index in [2.05, 4.69) is 6.07 Å². The molecule has 3 heteroatoms. The van der Waals surface area contributed by atoms with Crippen molar-refractivity contribution in [3.05, 3.63) is 35.4 Å². The van der Waals surface area contributed by atoms with Crippen LogP contribution in [-0.4, -0.2) is 12.1 Å². The highest BCUT2D eigenvalue weighted by atomic mass is 16.5. The van der Waals surface area contributed by atoms with Crippen LogP contribution in [0.2, 0.25) is 0 Å². The van der Waals surface area contributed by atoms with Gasteiger partial charge in [-0.1, -0.05) is 18.2 Å². The van der Waals surface area contributed by atoms with Crippen molar-refractivity contribution in [2.24, 2.45) is 5.73 Å². The number of rotatable bonds is 3. The summed E-state index contributed by atoms with van der Waals surface area (Å²) in [6.07, 6.45) is 4.47. The second kappa shape index (κ2) is 5.81. The van der Waals surface area contributed by atoms with Crippen LogP contribution in [0.25, 0.3) is 0 Å². The van der Waals surface area contributed by atoms with E-state index in [1.165, 1.54) is 0 Å². The lowest BCUT2D eigenvalue weighted by Gasteiger charge is -2.26. The lowest BCUT2D eigenvalue weighted by Crippen LogP contribution is -2.30. The summed E-state index contributed by atoms with van der Waals surface area (Å²) in [5.41, 5.74) is 7.54. The first kappa shape index (κ1) is 12.1. The van der Waals surface area contributed by atoms with Crippen LogP contribution in [0.4, 0.5) is 0 Å². The molecule has 0 aliphatic heterocycles. The normalized spacial score (nSPS) is 24.2. The first-order chi connectivity index (χ1) is 8.29. The van der Waals surface area contributed by atoms with Crippen LogP contribution < -0.4 is 5.73 Å². The lowest BCUT2D eigenvalue weighted by molar-refractivity contribution is 0.0137. The van der Waals surface area contributed by atoms with Gasteiger partial charge in [-0.05, 0) is 37.3 Å². The Balaban J connectivity index is 1.88. The summed E-state index contributed by atoms with van der Waals surface area (Å²) in [5.74, 6) is 0. The maximum Gasteiger partial charge on any atom is 0.0995 e. The number of nitriles is 1. The first-order valence-electron chi connectivity index (χ1n) is 6.15. The second-order valence-electron chi connectivity index (χ2n) is 4.62. The summed E-state index contributed by atoms with van der Waals surface area (Å²) in [6, 6.07) is 10.1. The van der Waals surface area contributed by atoms with Crippen molar-refractivity contribution in [3.63, 3.8) is 0 Å². The fraction of sp³-hybridized carbons (Fsp3) is 0.500. The third kappa shape index (κ3) is 3.29. The van der Waals surface area contributed by atoms with Gasteiger partial charge in [0, 0.05) is 6.04 Å². The molecule has 0 aromatic heterocycles. The molecule has 0 atom stereocenters. The zero-order valence-electron chi connectivity index (χ0n) is 9.93. The largest absolute Gasteiger partial charge is 0.373 e. The van der Waals surface area contributed by atoms with Gasteiger partial charge in [0.05, 0.1) is 24.3 Å². The van der Waals surface area contributed by atoms with E-state index in [4.69, 9.17) is 15.7 Å². The van der Waals surface area contributed by atoms with Gasteiger partial charge in [0.25, 0.3) is 0 Å². The van der Waals surface area contributed by atoms with Crippen LogP contribution in [0.1, 0.15) is 36.8 Å². The highest BCUT2D eigenvalue weighted by molar-refractivity contribution is 5.36. The van der Waals surface area contributed by atoms with Crippen LogP contribution in [0.15, 0.2) is 24.3 Å². The van der Waals surface area contributed by atoms with Gasteiger partial charge in [-0.25, -0.2) is 0 Å². The fourth-order valence-corrected chi connectivity index (χ4v) is 2.22. The fourth-order valence-electron chi connectivity index (χ4n) is 2.22. The van der Waals surface area contributed by atoms with Crippen molar-refractivity contribution in [2.75, 3.05) is 0 Å². The highest BCUT2D eigenvalue weighted by Gasteiger charge is 2.19. The molecule has 3 nitrogen and oxygen atoms in total. The van der Waals surface area contributed by atoms with Crippen LogP contribution >= 0.6 is 0 Å². The molecule has 0 unspecified atom stereocenters. The lowest BCUT2D eigenvalue weighted by atomic mass is 9.94. The van der Waals surface area contributed by atoms with Crippen molar-refractivity contribution >= 4 is 0 Å². The molecule has 1 aliphatic rings. The highest BCUT2D eigenvalue weighted by Crippen LogP contribution is 2.21. The Morgan fingerprint density at radius 2 is 1.94 bits per heavy atom. The molecule has 2 N–H and O–H groups in total. The van der Waals surface area contributed by atoms with Gasteiger partial charge < -0.3 is 10.5 Å². The van der Waals surface area contributed by atoms with E-state index in [0.717, 1.165) is 31.2 Å². The quantitative estimate of drug-likeness (QED) is 0.867. The third-order valence-corrected chi connectivity index (χ3v) is 3.33. The summed E-state index contributed by atoms with van der Waals surface area (Å²) in [4.78, 5) is 0. The average Bonchev–Trinajstić information content (AvgIpc) is 2.38. The van der Waals surface area contributed by atoms with E-state index in [0.29, 0.717) is 24.3 Å². The van der Waals surface area contributed by atoms with E-state index in [-0.39, 0.29) is 0 Å². The summed E-state index contributed by atoms with van der Waals surface area (Å²) in [6.45, 7) is 0.531. The Labute approximate surface area is 102 Å². The van der Waals surface area contributed by atoms with E-state index in [1.807, 2.05) is 24.3 Å². The summed E-state index contributed by atoms with van der Waals surface area (Å²) < 4.78 is 5.85. The SMILES string of the molecule is N#Cc1ccccc1COC1CCC(N)CC1. The minimum Gasteiger partial charge on any atom is -0.373 e. The molecule has 0 saturated heterocycles. The third-order valence-electron chi connectivity index (χ3n) is 3.33. The van der Waals surface area contributed by atoms with Crippen LogP contribution in [0, 0.1) is 11.3 Å². The molecule has 0 amide bonds. The van der Waals surface area contributed by atoms with Gasteiger partial charge in [-0.15, -0.1) is 0 Å². The maximum atomic E-state index is 8.97. The molecule has 1 aliphatic carbocycles. The molecule has 90 valence electrons. The van der Waals surface area contributed by atoms with Gasteiger partial charge in [0.2, 0.25) is 0 Å². The summed E-state index contributed by atoms with van der Waals surface area (Å²) in [5, 5.41) is 8.97. The molecule has 17 heavy (non-hydrogen) atoms.